The first-order valence-electron chi connectivity index (χ1n) is 3.18. The van der Waals surface area contributed by atoms with E-state index in [1.165, 1.54) is 6.26 Å². The predicted octanol–water partition coefficient (Wildman–Crippen LogP) is 1.57. The summed E-state index contributed by atoms with van der Waals surface area (Å²) < 4.78 is 4.71. The Hall–Kier alpha value is -1.05. The zero-order chi connectivity index (χ0) is 7.72. The zero-order valence-corrected chi connectivity index (χ0v) is 6.39. The van der Waals surface area contributed by atoms with E-state index in [1.54, 1.807) is 6.92 Å². The minimum atomic E-state index is -0.233. The van der Waals surface area contributed by atoms with Gasteiger partial charge in [0.05, 0.1) is 6.26 Å². The second kappa shape index (κ2) is 2.29. The van der Waals surface area contributed by atoms with Gasteiger partial charge in [-0.2, -0.15) is 0 Å². The largest absolute Gasteiger partial charge is 0.431 e. The highest BCUT2D eigenvalue weighted by Crippen LogP contribution is 2.05. The summed E-state index contributed by atoms with van der Waals surface area (Å²) in [5.74, 6) is 0. The van der Waals surface area contributed by atoms with Crippen molar-refractivity contribution < 1.29 is 4.42 Å². The topological polar surface area (TPSA) is 30.2 Å². The van der Waals surface area contributed by atoms with Crippen LogP contribution in [0, 0.1) is 20.8 Å². The number of hydrogen-bond acceptors (Lipinski definition) is 2. The third-order valence-electron chi connectivity index (χ3n) is 1.80. The summed E-state index contributed by atoms with van der Waals surface area (Å²) in [5, 5.41) is 0. The molecule has 0 radical (unpaired) electrons. The molecule has 0 amide bonds. The summed E-state index contributed by atoms with van der Waals surface area (Å²) in [4.78, 5) is 10.8. The maximum absolute atomic E-state index is 10.8. The fourth-order valence-corrected chi connectivity index (χ4v) is 0.768. The smallest absolute Gasteiger partial charge is 0.338 e. The Morgan fingerprint density at radius 3 is 2.30 bits per heavy atom. The van der Waals surface area contributed by atoms with Gasteiger partial charge in [-0.1, -0.05) is 0 Å². The Labute approximate surface area is 59.5 Å². The first-order chi connectivity index (χ1) is 4.63. The van der Waals surface area contributed by atoms with Crippen LogP contribution < -0.4 is 5.63 Å². The Balaban J connectivity index is 3.49. The fraction of sp³-hybridized carbons (Fsp3) is 0.375. The molecule has 1 rings (SSSR count). The average Bonchev–Trinajstić information content (AvgIpc) is 1.93. The fourth-order valence-electron chi connectivity index (χ4n) is 0.768. The van der Waals surface area contributed by atoms with Crippen LogP contribution in [0.15, 0.2) is 15.5 Å². The molecule has 0 aliphatic heterocycles. The van der Waals surface area contributed by atoms with Crippen LogP contribution >= 0.6 is 0 Å². The molecule has 0 saturated carbocycles. The van der Waals surface area contributed by atoms with Crippen molar-refractivity contribution in [1.29, 1.82) is 0 Å². The third-order valence-corrected chi connectivity index (χ3v) is 1.80. The van der Waals surface area contributed by atoms with Gasteiger partial charge in [-0.05, 0) is 31.9 Å². The molecular weight excluding hydrogens is 128 g/mol. The molecule has 0 unspecified atom stereocenters. The van der Waals surface area contributed by atoms with E-state index in [2.05, 4.69) is 0 Å². The Bertz CT molecular complexity index is 297. The molecule has 0 spiro atoms. The monoisotopic (exact) mass is 138 g/mol. The minimum Gasteiger partial charge on any atom is -0.431 e. The standard InChI is InChI=1S/C8H10O2/c1-5-4-10-8(9)7(3)6(5)2/h4H,1-3H3. The summed E-state index contributed by atoms with van der Waals surface area (Å²) >= 11 is 0. The minimum absolute atomic E-state index is 0.233. The molecule has 1 aromatic heterocycles. The predicted molar refractivity (Wildman–Crippen MR) is 39.2 cm³/mol. The van der Waals surface area contributed by atoms with Gasteiger partial charge in [0.1, 0.15) is 0 Å². The van der Waals surface area contributed by atoms with Gasteiger partial charge in [-0.25, -0.2) is 4.79 Å². The molecule has 0 atom stereocenters. The quantitative estimate of drug-likeness (QED) is 0.544. The van der Waals surface area contributed by atoms with Gasteiger partial charge >= 0.3 is 5.63 Å². The Morgan fingerprint density at radius 1 is 1.20 bits per heavy atom. The van der Waals surface area contributed by atoms with E-state index >= 15 is 0 Å². The summed E-state index contributed by atoms with van der Waals surface area (Å²) in [6.45, 7) is 5.61. The molecular formula is C8H10O2. The van der Waals surface area contributed by atoms with Crippen molar-refractivity contribution in [3.63, 3.8) is 0 Å². The lowest BCUT2D eigenvalue weighted by Gasteiger charge is -1.98. The van der Waals surface area contributed by atoms with Crippen molar-refractivity contribution in [1.82, 2.24) is 0 Å². The molecule has 54 valence electrons. The Kier molecular flexibility index (Phi) is 1.62. The Morgan fingerprint density at radius 2 is 1.80 bits per heavy atom. The molecule has 2 heteroatoms. The molecule has 10 heavy (non-hydrogen) atoms. The first-order valence-corrected chi connectivity index (χ1v) is 3.18. The summed E-state index contributed by atoms with van der Waals surface area (Å²) in [7, 11) is 0. The van der Waals surface area contributed by atoms with Crippen molar-refractivity contribution in [3.05, 3.63) is 33.4 Å². The molecule has 1 heterocycles. The zero-order valence-electron chi connectivity index (χ0n) is 6.39. The molecule has 0 aliphatic rings. The highest BCUT2D eigenvalue weighted by molar-refractivity contribution is 5.26. The summed E-state index contributed by atoms with van der Waals surface area (Å²) in [6, 6.07) is 0. The lowest BCUT2D eigenvalue weighted by atomic mass is 10.1. The molecule has 1 aromatic rings. The molecule has 0 fully saturated rings. The first kappa shape index (κ1) is 7.06. The molecule has 0 N–H and O–H groups in total. The van der Waals surface area contributed by atoms with E-state index in [4.69, 9.17) is 4.42 Å². The molecule has 0 bridgehead atoms. The van der Waals surface area contributed by atoms with Gasteiger partial charge in [0, 0.05) is 5.56 Å². The maximum atomic E-state index is 10.8. The normalized spacial score (nSPS) is 9.90. The second-order valence-electron chi connectivity index (χ2n) is 2.46. The van der Waals surface area contributed by atoms with Crippen LogP contribution in [0.5, 0.6) is 0 Å². The van der Waals surface area contributed by atoms with E-state index in [-0.39, 0.29) is 5.63 Å². The van der Waals surface area contributed by atoms with Crippen LogP contribution in [0.3, 0.4) is 0 Å². The SMILES string of the molecule is Cc1coc(=O)c(C)c1C. The highest BCUT2D eigenvalue weighted by Gasteiger charge is 2.00. The van der Waals surface area contributed by atoms with Gasteiger partial charge in [0.25, 0.3) is 0 Å². The van der Waals surface area contributed by atoms with Crippen molar-refractivity contribution >= 4 is 0 Å². The van der Waals surface area contributed by atoms with E-state index < -0.39 is 0 Å². The summed E-state index contributed by atoms with van der Waals surface area (Å²) in [6.07, 6.45) is 1.49. The lowest BCUT2D eigenvalue weighted by molar-refractivity contribution is 0.499. The van der Waals surface area contributed by atoms with Crippen molar-refractivity contribution in [2.75, 3.05) is 0 Å². The number of rotatable bonds is 0. The number of hydrogen-bond donors (Lipinski definition) is 0. The van der Waals surface area contributed by atoms with E-state index in [1.807, 2.05) is 13.8 Å². The number of aryl methyl sites for hydroxylation is 1. The van der Waals surface area contributed by atoms with Crippen LogP contribution in [-0.2, 0) is 0 Å². The lowest BCUT2D eigenvalue weighted by Crippen LogP contribution is -2.05. The third kappa shape index (κ3) is 0.967. The van der Waals surface area contributed by atoms with Crippen LogP contribution in [0.4, 0.5) is 0 Å². The van der Waals surface area contributed by atoms with Gasteiger partial charge in [0.15, 0.2) is 0 Å². The molecule has 0 aliphatic carbocycles. The van der Waals surface area contributed by atoms with Crippen LogP contribution in [0.2, 0.25) is 0 Å². The van der Waals surface area contributed by atoms with Crippen molar-refractivity contribution in [2.24, 2.45) is 0 Å². The van der Waals surface area contributed by atoms with Gasteiger partial charge in [0.2, 0.25) is 0 Å². The van der Waals surface area contributed by atoms with Crippen LogP contribution in [-0.4, -0.2) is 0 Å². The van der Waals surface area contributed by atoms with Gasteiger partial charge in [-0.15, -0.1) is 0 Å². The van der Waals surface area contributed by atoms with E-state index in [0.717, 1.165) is 11.1 Å². The van der Waals surface area contributed by atoms with E-state index in [0.29, 0.717) is 5.56 Å². The highest BCUT2D eigenvalue weighted by atomic mass is 16.4. The van der Waals surface area contributed by atoms with Crippen molar-refractivity contribution in [2.45, 2.75) is 20.8 Å². The maximum Gasteiger partial charge on any atom is 0.338 e. The van der Waals surface area contributed by atoms with Gasteiger partial charge in [-0.3, -0.25) is 0 Å². The molecule has 2 nitrogen and oxygen atoms in total. The molecule has 0 saturated heterocycles. The second-order valence-corrected chi connectivity index (χ2v) is 2.46. The van der Waals surface area contributed by atoms with Crippen LogP contribution in [0.25, 0.3) is 0 Å². The average molecular weight is 138 g/mol. The van der Waals surface area contributed by atoms with E-state index in [9.17, 15) is 4.79 Å². The summed E-state index contributed by atoms with van der Waals surface area (Å²) in [5.41, 5.74) is 2.52. The van der Waals surface area contributed by atoms with Gasteiger partial charge < -0.3 is 4.42 Å². The molecule has 0 aromatic carbocycles. The van der Waals surface area contributed by atoms with Crippen molar-refractivity contribution in [3.8, 4) is 0 Å². The van der Waals surface area contributed by atoms with Crippen LogP contribution in [0.1, 0.15) is 16.7 Å².